The summed E-state index contributed by atoms with van der Waals surface area (Å²) in [6, 6.07) is 6.05. The molecule has 0 N–H and O–H groups in total. The van der Waals surface area contributed by atoms with E-state index in [0.717, 1.165) is 40.6 Å². The summed E-state index contributed by atoms with van der Waals surface area (Å²) in [5.74, 6) is 3.17. The van der Waals surface area contributed by atoms with Gasteiger partial charge < -0.3 is 14.4 Å². The summed E-state index contributed by atoms with van der Waals surface area (Å²) < 4.78 is 10.9. The summed E-state index contributed by atoms with van der Waals surface area (Å²) in [7, 11) is 3.32. The Morgan fingerprint density at radius 2 is 2.07 bits per heavy atom. The third-order valence-electron chi connectivity index (χ3n) is 5.54. The number of methoxy groups -OCH3 is 2. The van der Waals surface area contributed by atoms with E-state index >= 15 is 0 Å². The number of fused-ring (bicyclic) bond motifs is 3. The molecule has 0 bridgehead atoms. The van der Waals surface area contributed by atoms with E-state index in [4.69, 9.17) is 14.5 Å². The molecule has 2 aromatic heterocycles. The third kappa shape index (κ3) is 3.81. The van der Waals surface area contributed by atoms with Crippen LogP contribution in [0.25, 0.3) is 10.2 Å². The molecule has 1 atom stereocenters. The molecule has 0 saturated heterocycles. The van der Waals surface area contributed by atoms with Crippen molar-refractivity contribution >= 4 is 27.4 Å². The van der Waals surface area contributed by atoms with Crippen molar-refractivity contribution in [3.8, 4) is 11.5 Å². The Morgan fingerprint density at radius 1 is 1.24 bits per heavy atom. The minimum absolute atomic E-state index is 0.701. The topological polar surface area (TPSA) is 47.5 Å². The number of hydrogen-bond donors (Lipinski definition) is 0. The zero-order chi connectivity index (χ0) is 20.4. The highest BCUT2D eigenvalue weighted by molar-refractivity contribution is 7.19. The molecule has 4 rings (SSSR count). The Morgan fingerprint density at radius 3 is 2.83 bits per heavy atom. The largest absolute Gasteiger partial charge is 0.493 e. The van der Waals surface area contributed by atoms with Crippen LogP contribution in [0.5, 0.6) is 11.5 Å². The predicted molar refractivity (Wildman–Crippen MR) is 119 cm³/mol. The van der Waals surface area contributed by atoms with Crippen molar-refractivity contribution in [2.45, 2.75) is 32.7 Å². The van der Waals surface area contributed by atoms with Gasteiger partial charge in [0.15, 0.2) is 11.5 Å². The number of aromatic nitrogens is 2. The van der Waals surface area contributed by atoms with Crippen LogP contribution in [0.1, 0.15) is 29.3 Å². The molecule has 1 aromatic carbocycles. The maximum atomic E-state index is 5.48. The van der Waals surface area contributed by atoms with Crippen LogP contribution in [0.15, 0.2) is 37.2 Å². The molecule has 0 amide bonds. The Labute approximate surface area is 176 Å². The number of ether oxygens (including phenoxy) is 2. The Kier molecular flexibility index (Phi) is 5.72. The van der Waals surface area contributed by atoms with Crippen molar-refractivity contribution in [3.05, 3.63) is 53.2 Å². The maximum Gasteiger partial charge on any atom is 0.161 e. The average molecular weight is 410 g/mol. The lowest BCUT2D eigenvalue weighted by Gasteiger charge is -2.25. The predicted octanol–water partition coefficient (Wildman–Crippen LogP) is 5.03. The average Bonchev–Trinajstić information content (AvgIpc) is 3.11. The van der Waals surface area contributed by atoms with Gasteiger partial charge in [-0.1, -0.05) is 19.1 Å². The van der Waals surface area contributed by atoms with Gasteiger partial charge in [-0.2, -0.15) is 0 Å². The van der Waals surface area contributed by atoms with E-state index < -0.39 is 0 Å². The van der Waals surface area contributed by atoms with Crippen molar-refractivity contribution in [2.75, 3.05) is 25.7 Å². The summed E-state index contributed by atoms with van der Waals surface area (Å²) in [6.45, 7) is 7.72. The second-order valence-electron chi connectivity index (χ2n) is 7.59. The molecule has 0 radical (unpaired) electrons. The van der Waals surface area contributed by atoms with Crippen LogP contribution in [0.4, 0.5) is 5.82 Å². The van der Waals surface area contributed by atoms with E-state index in [1.165, 1.54) is 22.2 Å². The van der Waals surface area contributed by atoms with Crippen LogP contribution in [0.3, 0.4) is 0 Å². The van der Waals surface area contributed by atoms with Crippen molar-refractivity contribution in [1.29, 1.82) is 0 Å². The molecule has 6 heteroatoms. The summed E-state index contributed by atoms with van der Waals surface area (Å²) in [6.07, 6.45) is 7.12. The molecule has 0 aliphatic heterocycles. The molecule has 0 spiro atoms. The molecular weight excluding hydrogens is 382 g/mol. The van der Waals surface area contributed by atoms with E-state index in [0.29, 0.717) is 19.0 Å². The first kappa shape index (κ1) is 19.7. The third-order valence-corrected chi connectivity index (χ3v) is 6.74. The van der Waals surface area contributed by atoms with Crippen LogP contribution < -0.4 is 14.4 Å². The van der Waals surface area contributed by atoms with E-state index in [1.807, 2.05) is 29.5 Å². The number of benzene rings is 1. The van der Waals surface area contributed by atoms with Crippen LogP contribution >= 0.6 is 11.3 Å². The van der Waals surface area contributed by atoms with Crippen LogP contribution in [-0.4, -0.2) is 30.7 Å². The maximum absolute atomic E-state index is 5.48. The fourth-order valence-electron chi connectivity index (χ4n) is 4.09. The van der Waals surface area contributed by atoms with Crippen LogP contribution in [0, 0.1) is 5.92 Å². The number of nitrogens with zero attached hydrogens (tertiary/aromatic N) is 3. The first-order chi connectivity index (χ1) is 14.1. The minimum atomic E-state index is 0.701. The standard InChI is InChI=1S/C23H27N3O2S/c1-5-10-26(13-16-7-8-18(27-3)19(12-16)28-4)22-21-17-11-15(2)6-9-20(17)29-23(21)25-14-24-22/h5,7-8,12,14-15H,1,6,9-11,13H2,2-4H3. The van der Waals surface area contributed by atoms with E-state index in [2.05, 4.69) is 29.5 Å². The molecule has 3 aromatic rings. The van der Waals surface area contributed by atoms with Crippen LogP contribution in [-0.2, 0) is 19.4 Å². The monoisotopic (exact) mass is 409 g/mol. The zero-order valence-electron chi connectivity index (χ0n) is 17.3. The van der Waals surface area contributed by atoms with Gasteiger partial charge in [0.25, 0.3) is 0 Å². The Bertz CT molecular complexity index is 1030. The lowest BCUT2D eigenvalue weighted by molar-refractivity contribution is 0.354. The Balaban J connectivity index is 1.75. The molecule has 0 fully saturated rings. The minimum Gasteiger partial charge on any atom is -0.493 e. The Hall–Kier alpha value is -2.60. The first-order valence-corrected chi connectivity index (χ1v) is 10.8. The molecule has 2 heterocycles. The van der Waals surface area contributed by atoms with Crippen molar-refractivity contribution < 1.29 is 9.47 Å². The van der Waals surface area contributed by atoms with Gasteiger partial charge >= 0.3 is 0 Å². The summed E-state index contributed by atoms with van der Waals surface area (Å²) in [4.78, 5) is 14.1. The summed E-state index contributed by atoms with van der Waals surface area (Å²) in [5.41, 5.74) is 2.58. The van der Waals surface area contributed by atoms with Gasteiger partial charge in [0.1, 0.15) is 17.0 Å². The van der Waals surface area contributed by atoms with Gasteiger partial charge in [-0.05, 0) is 48.4 Å². The molecule has 29 heavy (non-hydrogen) atoms. The highest BCUT2D eigenvalue weighted by Gasteiger charge is 2.25. The van der Waals surface area contributed by atoms with Gasteiger partial charge in [0.2, 0.25) is 0 Å². The van der Waals surface area contributed by atoms with Gasteiger partial charge in [-0.15, -0.1) is 17.9 Å². The van der Waals surface area contributed by atoms with Gasteiger partial charge in [0, 0.05) is 18.0 Å². The number of hydrogen-bond acceptors (Lipinski definition) is 6. The van der Waals surface area contributed by atoms with E-state index in [-0.39, 0.29) is 0 Å². The second-order valence-corrected chi connectivity index (χ2v) is 8.67. The normalized spacial score (nSPS) is 15.8. The molecular formula is C23H27N3O2S. The molecule has 1 aliphatic rings. The fourth-order valence-corrected chi connectivity index (χ4v) is 5.26. The van der Waals surface area contributed by atoms with Gasteiger partial charge in [-0.25, -0.2) is 9.97 Å². The highest BCUT2D eigenvalue weighted by atomic mass is 32.1. The van der Waals surface area contributed by atoms with Crippen molar-refractivity contribution in [3.63, 3.8) is 0 Å². The first-order valence-electron chi connectivity index (χ1n) is 9.96. The van der Waals surface area contributed by atoms with Crippen molar-refractivity contribution in [1.82, 2.24) is 9.97 Å². The lowest BCUT2D eigenvalue weighted by Crippen LogP contribution is -2.24. The molecule has 5 nitrogen and oxygen atoms in total. The lowest BCUT2D eigenvalue weighted by atomic mass is 9.88. The van der Waals surface area contributed by atoms with E-state index in [1.54, 1.807) is 20.5 Å². The quantitative estimate of drug-likeness (QED) is 0.513. The smallest absolute Gasteiger partial charge is 0.161 e. The number of aryl methyl sites for hydroxylation is 1. The second kappa shape index (κ2) is 8.41. The van der Waals surface area contributed by atoms with Gasteiger partial charge in [-0.3, -0.25) is 0 Å². The number of rotatable bonds is 7. The van der Waals surface area contributed by atoms with Gasteiger partial charge in [0.05, 0.1) is 19.6 Å². The fraction of sp³-hybridized carbons (Fsp3) is 0.391. The number of thiophene rings is 1. The SMILES string of the molecule is C=CCN(Cc1ccc(OC)c(OC)c1)c1ncnc2sc3c(c12)CC(C)CC3. The van der Waals surface area contributed by atoms with E-state index in [9.17, 15) is 0 Å². The highest BCUT2D eigenvalue weighted by Crippen LogP contribution is 2.41. The zero-order valence-corrected chi connectivity index (χ0v) is 18.1. The molecule has 0 saturated carbocycles. The van der Waals surface area contributed by atoms with Crippen LogP contribution in [0.2, 0.25) is 0 Å². The number of anilines is 1. The summed E-state index contributed by atoms with van der Waals surface area (Å²) in [5, 5.41) is 1.22. The molecule has 152 valence electrons. The molecule has 1 unspecified atom stereocenters. The molecule has 1 aliphatic carbocycles. The van der Waals surface area contributed by atoms with Crippen molar-refractivity contribution in [2.24, 2.45) is 5.92 Å². The summed E-state index contributed by atoms with van der Waals surface area (Å²) >= 11 is 1.83.